The first-order valence-electron chi connectivity index (χ1n) is 10.0. The lowest BCUT2D eigenvalue weighted by Crippen LogP contribution is -2.33. The number of benzene rings is 1. The zero-order valence-electron chi connectivity index (χ0n) is 17.3. The molecule has 2 aliphatic rings. The number of amides is 2. The van der Waals surface area contributed by atoms with Gasteiger partial charge in [0.15, 0.2) is 10.3 Å². The molecular formula is C22H24N4O2S2. The van der Waals surface area contributed by atoms with Crippen molar-refractivity contribution in [2.75, 3.05) is 18.0 Å². The molecule has 0 N–H and O–H groups in total. The van der Waals surface area contributed by atoms with Gasteiger partial charge in [0.25, 0.3) is 5.91 Å². The van der Waals surface area contributed by atoms with E-state index in [0.29, 0.717) is 15.7 Å². The highest BCUT2D eigenvalue weighted by Crippen LogP contribution is 2.35. The Labute approximate surface area is 184 Å². The minimum atomic E-state index is -0.215. The summed E-state index contributed by atoms with van der Waals surface area (Å²) in [6.45, 7) is 7.48. The Kier molecular flexibility index (Phi) is 6.06. The van der Waals surface area contributed by atoms with Crippen LogP contribution in [0, 0.1) is 13.8 Å². The Bertz CT molecular complexity index is 1050. The van der Waals surface area contributed by atoms with Gasteiger partial charge < -0.3 is 4.90 Å². The minimum absolute atomic E-state index is 0.0979. The summed E-state index contributed by atoms with van der Waals surface area (Å²) in [5.41, 5.74) is 3.66. The second-order valence-corrected chi connectivity index (χ2v) is 9.33. The van der Waals surface area contributed by atoms with E-state index in [1.165, 1.54) is 36.4 Å². The second kappa shape index (κ2) is 8.73. The van der Waals surface area contributed by atoms with Gasteiger partial charge in [-0.25, -0.2) is 4.98 Å². The van der Waals surface area contributed by atoms with E-state index in [2.05, 4.69) is 14.9 Å². The number of thiazole rings is 1. The monoisotopic (exact) mass is 440 g/mol. The SMILES string of the molecule is CC(=O)N(c1nc(C=C2SC(N3CCCCC3)=NC2=O)cs1)c1cccc(C)c1C. The number of hydrogen-bond acceptors (Lipinski definition) is 6. The van der Waals surface area contributed by atoms with Crippen molar-refractivity contribution in [1.29, 1.82) is 0 Å². The van der Waals surface area contributed by atoms with Crippen LogP contribution in [-0.4, -0.2) is 40.0 Å². The van der Waals surface area contributed by atoms with E-state index >= 15 is 0 Å². The van der Waals surface area contributed by atoms with Crippen LogP contribution in [0.4, 0.5) is 10.8 Å². The first kappa shape index (κ1) is 20.8. The second-order valence-electron chi connectivity index (χ2n) is 7.49. The Morgan fingerprint density at radius 2 is 1.97 bits per heavy atom. The van der Waals surface area contributed by atoms with Crippen molar-refractivity contribution in [3.05, 3.63) is 45.3 Å². The van der Waals surface area contributed by atoms with Crippen LogP contribution in [0.3, 0.4) is 0 Å². The Balaban J connectivity index is 1.57. The average Bonchev–Trinajstić information content (AvgIpc) is 3.33. The number of rotatable bonds is 3. The number of likely N-dealkylation sites (tertiary alicyclic amines) is 1. The fourth-order valence-electron chi connectivity index (χ4n) is 3.58. The van der Waals surface area contributed by atoms with Crippen LogP contribution in [-0.2, 0) is 9.59 Å². The summed E-state index contributed by atoms with van der Waals surface area (Å²) in [6, 6.07) is 5.90. The van der Waals surface area contributed by atoms with Gasteiger partial charge in [0.1, 0.15) is 0 Å². The van der Waals surface area contributed by atoms with Gasteiger partial charge in [0.05, 0.1) is 16.3 Å². The number of hydrogen-bond donors (Lipinski definition) is 0. The molecule has 156 valence electrons. The Morgan fingerprint density at radius 3 is 2.70 bits per heavy atom. The van der Waals surface area contributed by atoms with Gasteiger partial charge in [0.2, 0.25) is 5.91 Å². The molecule has 0 radical (unpaired) electrons. The molecule has 4 rings (SSSR count). The van der Waals surface area contributed by atoms with Crippen LogP contribution >= 0.6 is 23.1 Å². The summed E-state index contributed by atoms with van der Waals surface area (Å²) in [5.74, 6) is -0.313. The molecule has 0 atom stereocenters. The highest BCUT2D eigenvalue weighted by Gasteiger charge is 2.27. The molecular weight excluding hydrogens is 416 g/mol. The maximum atomic E-state index is 12.4. The van der Waals surface area contributed by atoms with Crippen molar-refractivity contribution < 1.29 is 9.59 Å². The normalized spacial score (nSPS) is 18.1. The molecule has 1 aromatic heterocycles. The third-order valence-corrected chi connectivity index (χ3v) is 7.24. The van der Waals surface area contributed by atoms with Crippen LogP contribution in [0.2, 0.25) is 0 Å². The predicted molar refractivity (Wildman–Crippen MR) is 124 cm³/mol. The fraction of sp³-hybridized carbons (Fsp3) is 0.364. The third-order valence-electron chi connectivity index (χ3n) is 5.35. The van der Waals surface area contributed by atoms with E-state index in [1.54, 1.807) is 11.0 Å². The number of thioether (sulfide) groups is 1. The van der Waals surface area contributed by atoms with Gasteiger partial charge in [-0.05, 0) is 68.1 Å². The molecule has 2 aliphatic heterocycles. The largest absolute Gasteiger partial charge is 0.351 e. The van der Waals surface area contributed by atoms with E-state index in [0.717, 1.165) is 47.9 Å². The summed E-state index contributed by atoms with van der Waals surface area (Å²) < 4.78 is 0. The van der Waals surface area contributed by atoms with Crippen molar-refractivity contribution in [2.24, 2.45) is 4.99 Å². The Morgan fingerprint density at radius 1 is 1.20 bits per heavy atom. The molecule has 30 heavy (non-hydrogen) atoms. The molecule has 6 nitrogen and oxygen atoms in total. The maximum Gasteiger partial charge on any atom is 0.286 e. The lowest BCUT2D eigenvalue weighted by Gasteiger charge is -2.27. The van der Waals surface area contributed by atoms with Crippen molar-refractivity contribution in [2.45, 2.75) is 40.0 Å². The van der Waals surface area contributed by atoms with Crippen LogP contribution in [0.25, 0.3) is 6.08 Å². The average molecular weight is 441 g/mol. The summed E-state index contributed by atoms with van der Waals surface area (Å²) in [7, 11) is 0. The van der Waals surface area contributed by atoms with Gasteiger partial charge in [0, 0.05) is 25.4 Å². The molecule has 2 amide bonds. The van der Waals surface area contributed by atoms with Crippen LogP contribution in [0.1, 0.15) is 43.0 Å². The number of carbonyl (C=O) groups excluding carboxylic acids is 2. The molecule has 0 spiro atoms. The number of carbonyl (C=O) groups is 2. The zero-order valence-corrected chi connectivity index (χ0v) is 19.0. The van der Waals surface area contributed by atoms with Crippen molar-refractivity contribution in [3.8, 4) is 0 Å². The summed E-state index contributed by atoms with van der Waals surface area (Å²) in [5, 5.41) is 3.26. The van der Waals surface area contributed by atoms with Crippen molar-refractivity contribution >= 4 is 57.0 Å². The topological polar surface area (TPSA) is 65.9 Å². The Hall–Kier alpha value is -2.45. The highest BCUT2D eigenvalue weighted by molar-refractivity contribution is 8.18. The summed E-state index contributed by atoms with van der Waals surface area (Å²) >= 11 is 2.81. The van der Waals surface area contributed by atoms with Gasteiger partial charge in [-0.1, -0.05) is 12.1 Å². The van der Waals surface area contributed by atoms with E-state index in [9.17, 15) is 9.59 Å². The lowest BCUT2D eigenvalue weighted by atomic mass is 10.1. The zero-order chi connectivity index (χ0) is 21.3. The van der Waals surface area contributed by atoms with Gasteiger partial charge >= 0.3 is 0 Å². The number of aliphatic imine (C=N–C) groups is 1. The van der Waals surface area contributed by atoms with Gasteiger partial charge in [-0.15, -0.1) is 11.3 Å². The molecule has 2 aromatic rings. The van der Waals surface area contributed by atoms with E-state index in [1.807, 2.05) is 37.4 Å². The fourth-order valence-corrected chi connectivity index (χ4v) is 5.37. The molecule has 0 unspecified atom stereocenters. The summed E-state index contributed by atoms with van der Waals surface area (Å²) in [6.07, 6.45) is 5.29. The first-order chi connectivity index (χ1) is 14.4. The molecule has 0 saturated carbocycles. The van der Waals surface area contributed by atoms with Crippen LogP contribution in [0.15, 0.2) is 33.5 Å². The molecule has 1 aromatic carbocycles. The number of amidine groups is 1. The minimum Gasteiger partial charge on any atom is -0.351 e. The molecule has 8 heteroatoms. The van der Waals surface area contributed by atoms with E-state index < -0.39 is 0 Å². The quantitative estimate of drug-likeness (QED) is 0.635. The maximum absolute atomic E-state index is 12.4. The molecule has 1 saturated heterocycles. The predicted octanol–water partition coefficient (Wildman–Crippen LogP) is 4.90. The van der Waals surface area contributed by atoms with Crippen molar-refractivity contribution in [1.82, 2.24) is 9.88 Å². The van der Waals surface area contributed by atoms with Crippen LogP contribution in [0.5, 0.6) is 0 Å². The third kappa shape index (κ3) is 4.20. The van der Waals surface area contributed by atoms with Crippen LogP contribution < -0.4 is 4.90 Å². The standard InChI is InChI=1S/C22H24N4O2S2/c1-14-8-7-9-18(15(14)2)26(16(3)27)22-23-17(13-29-22)12-19-20(28)24-21(30-19)25-10-5-4-6-11-25/h7-9,12-13H,4-6,10-11H2,1-3H3. The number of nitrogens with zero attached hydrogens (tertiary/aromatic N) is 4. The lowest BCUT2D eigenvalue weighted by molar-refractivity contribution is -0.116. The van der Waals surface area contributed by atoms with Crippen molar-refractivity contribution in [3.63, 3.8) is 0 Å². The number of piperidine rings is 1. The molecule has 1 fully saturated rings. The molecule has 0 bridgehead atoms. The molecule has 0 aliphatic carbocycles. The first-order valence-corrected chi connectivity index (χ1v) is 11.7. The van der Waals surface area contributed by atoms with Gasteiger partial charge in [-0.3, -0.25) is 14.5 Å². The summed E-state index contributed by atoms with van der Waals surface area (Å²) in [4.78, 5) is 38.1. The highest BCUT2D eigenvalue weighted by atomic mass is 32.2. The number of anilines is 2. The molecule has 3 heterocycles. The van der Waals surface area contributed by atoms with Gasteiger partial charge in [-0.2, -0.15) is 4.99 Å². The van der Waals surface area contributed by atoms with E-state index in [4.69, 9.17) is 0 Å². The number of aromatic nitrogens is 1. The van der Waals surface area contributed by atoms with E-state index in [-0.39, 0.29) is 11.8 Å². The smallest absolute Gasteiger partial charge is 0.286 e. The number of aryl methyl sites for hydroxylation is 1.